The highest BCUT2D eigenvalue weighted by atomic mass is 16.5. The fraction of sp³-hybridized carbons (Fsp3) is 0.231. The van der Waals surface area contributed by atoms with Crippen LogP contribution < -0.4 is 10.5 Å². The van der Waals surface area contributed by atoms with Crippen molar-refractivity contribution in [1.82, 2.24) is 10.2 Å². The molecule has 17 heavy (non-hydrogen) atoms. The zero-order valence-electron chi connectivity index (χ0n) is 9.71. The molecule has 88 valence electrons. The van der Waals surface area contributed by atoms with E-state index in [-0.39, 0.29) is 5.92 Å². The number of rotatable bonds is 4. The first kappa shape index (κ1) is 11.5. The van der Waals surface area contributed by atoms with Gasteiger partial charge in [0, 0.05) is 18.7 Å². The lowest BCUT2D eigenvalue weighted by Crippen LogP contribution is -2.15. The Bertz CT molecular complexity index is 473. The van der Waals surface area contributed by atoms with Crippen LogP contribution in [0.1, 0.15) is 17.2 Å². The summed E-state index contributed by atoms with van der Waals surface area (Å²) >= 11 is 0. The van der Waals surface area contributed by atoms with Gasteiger partial charge in [0.25, 0.3) is 0 Å². The van der Waals surface area contributed by atoms with Crippen molar-refractivity contribution in [3.63, 3.8) is 0 Å². The topological polar surface area (TPSA) is 61.0 Å². The number of hydrogen-bond acceptors (Lipinski definition) is 4. The SMILES string of the molecule is COc1cccc(C(CN)c2cccnn2)c1. The summed E-state index contributed by atoms with van der Waals surface area (Å²) in [4.78, 5) is 0. The molecule has 1 aromatic carbocycles. The number of aromatic nitrogens is 2. The summed E-state index contributed by atoms with van der Waals surface area (Å²) in [5, 5.41) is 8.00. The van der Waals surface area contributed by atoms with Gasteiger partial charge in [0.05, 0.1) is 12.8 Å². The van der Waals surface area contributed by atoms with Crippen LogP contribution in [0.5, 0.6) is 5.75 Å². The van der Waals surface area contributed by atoms with Crippen LogP contribution in [0.2, 0.25) is 0 Å². The molecule has 0 fully saturated rings. The number of nitrogens with zero attached hydrogens (tertiary/aromatic N) is 2. The van der Waals surface area contributed by atoms with Crippen molar-refractivity contribution in [2.75, 3.05) is 13.7 Å². The van der Waals surface area contributed by atoms with Crippen molar-refractivity contribution < 1.29 is 4.74 Å². The lowest BCUT2D eigenvalue weighted by molar-refractivity contribution is 0.414. The molecule has 0 aliphatic rings. The number of methoxy groups -OCH3 is 1. The molecule has 0 saturated heterocycles. The Morgan fingerprint density at radius 3 is 2.82 bits per heavy atom. The summed E-state index contributed by atoms with van der Waals surface area (Å²) in [7, 11) is 1.65. The second kappa shape index (κ2) is 5.41. The predicted octanol–water partition coefficient (Wildman–Crippen LogP) is 1.58. The molecule has 1 unspecified atom stereocenters. The van der Waals surface area contributed by atoms with Gasteiger partial charge in [0.1, 0.15) is 5.75 Å². The fourth-order valence-corrected chi connectivity index (χ4v) is 1.79. The van der Waals surface area contributed by atoms with Gasteiger partial charge < -0.3 is 10.5 Å². The van der Waals surface area contributed by atoms with E-state index < -0.39 is 0 Å². The maximum Gasteiger partial charge on any atom is 0.119 e. The zero-order valence-corrected chi connectivity index (χ0v) is 9.71. The molecular weight excluding hydrogens is 214 g/mol. The van der Waals surface area contributed by atoms with Gasteiger partial charge in [0.15, 0.2) is 0 Å². The molecule has 1 heterocycles. The van der Waals surface area contributed by atoms with Crippen LogP contribution in [0.15, 0.2) is 42.6 Å². The highest BCUT2D eigenvalue weighted by Gasteiger charge is 2.14. The van der Waals surface area contributed by atoms with Crippen LogP contribution in [-0.2, 0) is 0 Å². The highest BCUT2D eigenvalue weighted by molar-refractivity contribution is 5.35. The van der Waals surface area contributed by atoms with Gasteiger partial charge in [-0.2, -0.15) is 10.2 Å². The van der Waals surface area contributed by atoms with Crippen LogP contribution in [0.25, 0.3) is 0 Å². The summed E-state index contributed by atoms with van der Waals surface area (Å²) in [6, 6.07) is 11.7. The lowest BCUT2D eigenvalue weighted by Gasteiger charge is -2.14. The summed E-state index contributed by atoms with van der Waals surface area (Å²) in [6.07, 6.45) is 1.66. The third-order valence-electron chi connectivity index (χ3n) is 2.68. The smallest absolute Gasteiger partial charge is 0.119 e. The number of ether oxygens (including phenoxy) is 1. The van der Waals surface area contributed by atoms with Crippen molar-refractivity contribution in [3.05, 3.63) is 53.9 Å². The molecule has 1 atom stereocenters. The molecule has 0 bridgehead atoms. The van der Waals surface area contributed by atoms with Crippen LogP contribution in [0.4, 0.5) is 0 Å². The van der Waals surface area contributed by atoms with Crippen molar-refractivity contribution in [2.45, 2.75) is 5.92 Å². The zero-order chi connectivity index (χ0) is 12.1. The fourth-order valence-electron chi connectivity index (χ4n) is 1.79. The Morgan fingerprint density at radius 1 is 1.29 bits per heavy atom. The van der Waals surface area contributed by atoms with Crippen molar-refractivity contribution in [1.29, 1.82) is 0 Å². The second-order valence-corrected chi connectivity index (χ2v) is 3.71. The van der Waals surface area contributed by atoms with E-state index in [9.17, 15) is 0 Å². The van der Waals surface area contributed by atoms with E-state index in [1.54, 1.807) is 13.3 Å². The van der Waals surface area contributed by atoms with Gasteiger partial charge in [-0.1, -0.05) is 12.1 Å². The Balaban J connectivity index is 2.35. The van der Waals surface area contributed by atoms with E-state index in [4.69, 9.17) is 10.5 Å². The molecule has 2 rings (SSSR count). The van der Waals surface area contributed by atoms with Crippen LogP contribution >= 0.6 is 0 Å². The molecule has 0 radical (unpaired) electrons. The first-order valence-corrected chi connectivity index (χ1v) is 5.46. The average Bonchev–Trinajstić information content (AvgIpc) is 2.41. The molecule has 4 nitrogen and oxygen atoms in total. The molecule has 0 saturated carbocycles. The van der Waals surface area contributed by atoms with E-state index in [1.807, 2.05) is 36.4 Å². The van der Waals surface area contributed by atoms with Crippen molar-refractivity contribution in [2.24, 2.45) is 5.73 Å². The molecule has 2 aromatic rings. The summed E-state index contributed by atoms with van der Waals surface area (Å²) in [5.74, 6) is 0.878. The van der Waals surface area contributed by atoms with Crippen LogP contribution in [0, 0.1) is 0 Å². The molecule has 1 aromatic heterocycles. The standard InChI is InChI=1S/C13H15N3O/c1-17-11-5-2-4-10(8-11)12(9-14)13-6-3-7-15-16-13/h2-8,12H,9,14H2,1H3. The number of benzene rings is 1. The molecule has 0 aliphatic carbocycles. The Morgan fingerprint density at radius 2 is 2.18 bits per heavy atom. The van der Waals surface area contributed by atoms with E-state index >= 15 is 0 Å². The first-order chi connectivity index (χ1) is 8.35. The van der Waals surface area contributed by atoms with E-state index in [1.165, 1.54) is 0 Å². The third-order valence-corrected chi connectivity index (χ3v) is 2.68. The van der Waals surface area contributed by atoms with E-state index in [2.05, 4.69) is 10.2 Å². The molecule has 0 amide bonds. The number of hydrogen-bond donors (Lipinski definition) is 1. The molecular formula is C13H15N3O. The Hall–Kier alpha value is -1.94. The Labute approximate surface area is 100 Å². The minimum absolute atomic E-state index is 0.0544. The molecule has 2 N–H and O–H groups in total. The van der Waals surface area contributed by atoms with Gasteiger partial charge in [0.2, 0.25) is 0 Å². The molecule has 0 aliphatic heterocycles. The first-order valence-electron chi connectivity index (χ1n) is 5.46. The maximum absolute atomic E-state index is 5.82. The van der Waals surface area contributed by atoms with E-state index in [0.717, 1.165) is 17.0 Å². The van der Waals surface area contributed by atoms with Gasteiger partial charge in [-0.3, -0.25) is 0 Å². The minimum Gasteiger partial charge on any atom is -0.497 e. The van der Waals surface area contributed by atoms with Crippen LogP contribution in [-0.4, -0.2) is 23.9 Å². The van der Waals surface area contributed by atoms with Gasteiger partial charge in [-0.25, -0.2) is 0 Å². The summed E-state index contributed by atoms with van der Waals surface area (Å²) in [6.45, 7) is 0.492. The lowest BCUT2D eigenvalue weighted by atomic mass is 9.95. The van der Waals surface area contributed by atoms with Gasteiger partial charge >= 0.3 is 0 Å². The quantitative estimate of drug-likeness (QED) is 0.864. The predicted molar refractivity (Wildman–Crippen MR) is 65.9 cm³/mol. The minimum atomic E-state index is 0.0544. The Kier molecular flexibility index (Phi) is 3.67. The number of nitrogens with two attached hydrogens (primary N) is 1. The molecule has 4 heteroatoms. The normalized spacial score (nSPS) is 12.1. The van der Waals surface area contributed by atoms with Gasteiger partial charge in [-0.05, 0) is 29.8 Å². The largest absolute Gasteiger partial charge is 0.497 e. The summed E-state index contributed by atoms with van der Waals surface area (Å²) in [5.41, 5.74) is 7.79. The summed E-state index contributed by atoms with van der Waals surface area (Å²) < 4.78 is 5.21. The highest BCUT2D eigenvalue weighted by Crippen LogP contribution is 2.24. The monoisotopic (exact) mass is 229 g/mol. The van der Waals surface area contributed by atoms with Crippen molar-refractivity contribution >= 4 is 0 Å². The van der Waals surface area contributed by atoms with Crippen molar-refractivity contribution in [3.8, 4) is 5.75 Å². The maximum atomic E-state index is 5.82. The van der Waals surface area contributed by atoms with Gasteiger partial charge in [-0.15, -0.1) is 0 Å². The van der Waals surface area contributed by atoms with Crippen LogP contribution in [0.3, 0.4) is 0 Å². The average molecular weight is 229 g/mol. The second-order valence-electron chi connectivity index (χ2n) is 3.71. The van der Waals surface area contributed by atoms with E-state index in [0.29, 0.717) is 6.54 Å². The third kappa shape index (κ3) is 2.60. The molecule has 0 spiro atoms.